The smallest absolute Gasteiger partial charge is 0.305 e. The Labute approximate surface area is 95.5 Å². The summed E-state index contributed by atoms with van der Waals surface area (Å²) in [6.07, 6.45) is 2.41. The first kappa shape index (κ1) is 13.0. The van der Waals surface area contributed by atoms with E-state index < -0.39 is 0 Å². The number of ether oxygens (including phenoxy) is 2. The van der Waals surface area contributed by atoms with Crippen molar-refractivity contribution >= 4 is 11.9 Å². The van der Waals surface area contributed by atoms with E-state index in [1.165, 1.54) is 0 Å². The molecule has 0 spiro atoms. The average Bonchev–Trinajstić information content (AvgIpc) is 2.78. The fourth-order valence-electron chi connectivity index (χ4n) is 1.58. The minimum atomic E-state index is -0.289. The molecule has 0 saturated carbocycles. The molecule has 1 saturated heterocycles. The van der Waals surface area contributed by atoms with Crippen LogP contribution in [0.25, 0.3) is 0 Å². The third-order valence-corrected chi connectivity index (χ3v) is 2.38. The first-order chi connectivity index (χ1) is 7.74. The predicted molar refractivity (Wildman–Crippen MR) is 57.9 cm³/mol. The predicted octanol–water partition coefficient (Wildman–Crippen LogP) is 0.625. The molecule has 92 valence electrons. The Morgan fingerprint density at radius 3 is 2.94 bits per heavy atom. The average molecular weight is 229 g/mol. The van der Waals surface area contributed by atoms with E-state index in [0.29, 0.717) is 32.6 Å². The fourth-order valence-corrected chi connectivity index (χ4v) is 1.58. The van der Waals surface area contributed by atoms with E-state index in [9.17, 15) is 9.59 Å². The molecule has 0 aromatic heterocycles. The second kappa shape index (κ2) is 7.22. The normalized spacial score (nSPS) is 19.4. The summed E-state index contributed by atoms with van der Waals surface area (Å²) in [6.45, 7) is 3.34. The van der Waals surface area contributed by atoms with E-state index in [1.54, 1.807) is 6.92 Å². The lowest BCUT2D eigenvalue weighted by Gasteiger charge is -2.09. The molecule has 1 N–H and O–H groups in total. The van der Waals surface area contributed by atoms with E-state index in [0.717, 1.165) is 12.8 Å². The molecule has 0 aromatic carbocycles. The quantitative estimate of drug-likeness (QED) is 0.536. The first-order valence-electron chi connectivity index (χ1n) is 5.79. The molecule has 1 aliphatic heterocycles. The largest absolute Gasteiger partial charge is 0.466 e. The number of esters is 1. The molecule has 1 atom stereocenters. The summed E-state index contributed by atoms with van der Waals surface area (Å²) in [6, 6.07) is 0. The SMILES string of the molecule is CCOC(=O)CCCNC(=O)C1CCCO1. The highest BCUT2D eigenvalue weighted by Crippen LogP contribution is 2.11. The molecule has 1 amide bonds. The van der Waals surface area contributed by atoms with Crippen LogP contribution in [0.5, 0.6) is 0 Å². The van der Waals surface area contributed by atoms with Gasteiger partial charge in [0.05, 0.1) is 6.61 Å². The molecular formula is C11H19NO4. The molecule has 1 aliphatic rings. The molecule has 0 aromatic rings. The van der Waals surface area contributed by atoms with Gasteiger partial charge in [-0.2, -0.15) is 0 Å². The van der Waals surface area contributed by atoms with Gasteiger partial charge in [-0.15, -0.1) is 0 Å². The number of rotatable bonds is 6. The van der Waals surface area contributed by atoms with Gasteiger partial charge in [0.2, 0.25) is 5.91 Å². The summed E-state index contributed by atoms with van der Waals surface area (Å²) in [7, 11) is 0. The van der Waals surface area contributed by atoms with Crippen LogP contribution in [0.3, 0.4) is 0 Å². The van der Waals surface area contributed by atoms with Crippen molar-refractivity contribution in [3.63, 3.8) is 0 Å². The van der Waals surface area contributed by atoms with Crippen molar-refractivity contribution in [2.45, 2.75) is 38.7 Å². The van der Waals surface area contributed by atoms with Gasteiger partial charge in [0, 0.05) is 19.6 Å². The number of hydrogen-bond acceptors (Lipinski definition) is 4. The van der Waals surface area contributed by atoms with Crippen molar-refractivity contribution in [2.75, 3.05) is 19.8 Å². The molecule has 16 heavy (non-hydrogen) atoms. The van der Waals surface area contributed by atoms with Crippen LogP contribution in [0.15, 0.2) is 0 Å². The Morgan fingerprint density at radius 1 is 1.50 bits per heavy atom. The molecule has 0 radical (unpaired) electrons. The number of hydrogen-bond donors (Lipinski definition) is 1. The van der Waals surface area contributed by atoms with E-state index >= 15 is 0 Å². The van der Waals surface area contributed by atoms with Crippen molar-refractivity contribution in [1.29, 1.82) is 0 Å². The molecule has 5 nitrogen and oxygen atoms in total. The molecule has 1 fully saturated rings. The zero-order chi connectivity index (χ0) is 11.8. The molecule has 5 heteroatoms. The van der Waals surface area contributed by atoms with E-state index in [1.807, 2.05) is 0 Å². The second-order valence-corrected chi connectivity index (χ2v) is 3.70. The van der Waals surface area contributed by atoms with Gasteiger partial charge < -0.3 is 14.8 Å². The van der Waals surface area contributed by atoms with Gasteiger partial charge >= 0.3 is 5.97 Å². The van der Waals surface area contributed by atoms with Crippen LogP contribution >= 0.6 is 0 Å². The van der Waals surface area contributed by atoms with Crippen LogP contribution < -0.4 is 5.32 Å². The molecule has 1 unspecified atom stereocenters. The standard InChI is InChI=1S/C11H19NO4/c1-2-15-10(13)6-3-7-12-11(14)9-5-4-8-16-9/h9H,2-8H2,1H3,(H,12,14). The zero-order valence-electron chi connectivity index (χ0n) is 9.66. The molecule has 1 rings (SSSR count). The van der Waals surface area contributed by atoms with Crippen molar-refractivity contribution in [3.8, 4) is 0 Å². The van der Waals surface area contributed by atoms with Crippen molar-refractivity contribution in [1.82, 2.24) is 5.32 Å². The van der Waals surface area contributed by atoms with Crippen molar-refractivity contribution in [2.24, 2.45) is 0 Å². The van der Waals surface area contributed by atoms with Gasteiger partial charge in [-0.25, -0.2) is 0 Å². The van der Waals surface area contributed by atoms with Gasteiger partial charge in [0.25, 0.3) is 0 Å². The highest BCUT2D eigenvalue weighted by molar-refractivity contribution is 5.81. The van der Waals surface area contributed by atoms with Crippen LogP contribution in [0.2, 0.25) is 0 Å². The number of nitrogens with one attached hydrogen (secondary N) is 1. The minimum absolute atomic E-state index is 0.0682. The van der Waals surface area contributed by atoms with Crippen molar-refractivity contribution in [3.05, 3.63) is 0 Å². The van der Waals surface area contributed by atoms with Gasteiger partial charge in [0.1, 0.15) is 6.10 Å². The van der Waals surface area contributed by atoms with Crippen LogP contribution in [0, 0.1) is 0 Å². The van der Waals surface area contributed by atoms with E-state index in [-0.39, 0.29) is 18.0 Å². The van der Waals surface area contributed by atoms with Crippen LogP contribution in [-0.4, -0.2) is 37.7 Å². The van der Waals surface area contributed by atoms with Gasteiger partial charge in [-0.05, 0) is 26.2 Å². The highest BCUT2D eigenvalue weighted by atomic mass is 16.5. The lowest BCUT2D eigenvalue weighted by Crippen LogP contribution is -2.34. The summed E-state index contributed by atoms with van der Waals surface area (Å²) >= 11 is 0. The van der Waals surface area contributed by atoms with E-state index in [4.69, 9.17) is 9.47 Å². The first-order valence-corrected chi connectivity index (χ1v) is 5.79. The number of carbonyl (C=O) groups excluding carboxylic acids is 2. The van der Waals surface area contributed by atoms with Crippen LogP contribution in [0.4, 0.5) is 0 Å². The van der Waals surface area contributed by atoms with E-state index in [2.05, 4.69) is 5.32 Å². The lowest BCUT2D eigenvalue weighted by molar-refractivity contribution is -0.143. The third-order valence-electron chi connectivity index (χ3n) is 2.38. The van der Waals surface area contributed by atoms with Gasteiger partial charge in [0.15, 0.2) is 0 Å². The molecular weight excluding hydrogens is 210 g/mol. The Morgan fingerprint density at radius 2 is 2.31 bits per heavy atom. The monoisotopic (exact) mass is 229 g/mol. The molecule has 0 bridgehead atoms. The third kappa shape index (κ3) is 4.61. The number of amides is 1. The summed E-state index contributed by atoms with van der Waals surface area (Å²) < 4.78 is 10.0. The molecule has 1 heterocycles. The Balaban J connectivity index is 2.02. The van der Waals surface area contributed by atoms with Gasteiger partial charge in [-0.3, -0.25) is 9.59 Å². The summed E-state index contributed by atoms with van der Waals surface area (Å²) in [5.74, 6) is -0.282. The maximum absolute atomic E-state index is 11.5. The highest BCUT2D eigenvalue weighted by Gasteiger charge is 2.22. The topological polar surface area (TPSA) is 64.6 Å². The van der Waals surface area contributed by atoms with Crippen LogP contribution in [0.1, 0.15) is 32.6 Å². The Bertz CT molecular complexity index is 236. The number of carbonyl (C=O) groups is 2. The fraction of sp³-hybridized carbons (Fsp3) is 0.818. The summed E-state index contributed by atoms with van der Waals surface area (Å²) in [5, 5.41) is 2.75. The maximum Gasteiger partial charge on any atom is 0.305 e. The molecule has 0 aliphatic carbocycles. The zero-order valence-corrected chi connectivity index (χ0v) is 9.66. The van der Waals surface area contributed by atoms with Gasteiger partial charge in [-0.1, -0.05) is 0 Å². The minimum Gasteiger partial charge on any atom is -0.466 e. The second-order valence-electron chi connectivity index (χ2n) is 3.70. The Hall–Kier alpha value is -1.10. The summed E-state index contributed by atoms with van der Waals surface area (Å²) in [4.78, 5) is 22.4. The lowest BCUT2D eigenvalue weighted by atomic mass is 10.2. The van der Waals surface area contributed by atoms with Crippen LogP contribution in [-0.2, 0) is 19.1 Å². The van der Waals surface area contributed by atoms with Crippen molar-refractivity contribution < 1.29 is 19.1 Å². The summed E-state index contributed by atoms with van der Waals surface area (Å²) in [5.41, 5.74) is 0. The Kier molecular flexibility index (Phi) is 5.85. The maximum atomic E-state index is 11.5.